The summed E-state index contributed by atoms with van der Waals surface area (Å²) in [5.41, 5.74) is 0.819. The Bertz CT molecular complexity index is 677. The lowest BCUT2D eigenvalue weighted by molar-refractivity contribution is -0.144. The molecule has 1 saturated carbocycles. The highest BCUT2D eigenvalue weighted by Crippen LogP contribution is 2.36. The van der Waals surface area contributed by atoms with Crippen LogP contribution < -0.4 is 10.2 Å². The zero-order valence-electron chi connectivity index (χ0n) is 13.9. The molecular weight excluding hydrogens is 308 g/mol. The molecule has 128 valence electrons. The molecular formula is C18H22N2O4. The Hall–Kier alpha value is -2.37. The number of benzene rings is 1. The number of aliphatic carboxylic acids is 1. The van der Waals surface area contributed by atoms with Crippen LogP contribution in [0.1, 0.15) is 44.6 Å². The first-order valence-corrected chi connectivity index (χ1v) is 8.31. The molecule has 2 N–H and O–H groups in total. The number of carbonyl (C=O) groups is 3. The van der Waals surface area contributed by atoms with E-state index in [4.69, 9.17) is 5.11 Å². The predicted octanol–water partition coefficient (Wildman–Crippen LogP) is 1.90. The number of rotatable bonds is 5. The van der Waals surface area contributed by atoms with Gasteiger partial charge in [-0.1, -0.05) is 26.0 Å². The van der Waals surface area contributed by atoms with Crippen molar-refractivity contribution in [2.75, 3.05) is 11.4 Å². The second-order valence-electron chi connectivity index (χ2n) is 6.95. The molecule has 2 amide bonds. The van der Waals surface area contributed by atoms with Crippen molar-refractivity contribution in [2.45, 2.75) is 44.6 Å². The number of carboxylic acids is 1. The van der Waals surface area contributed by atoms with Gasteiger partial charge in [-0.15, -0.1) is 0 Å². The van der Waals surface area contributed by atoms with Gasteiger partial charge in [0.25, 0.3) is 0 Å². The van der Waals surface area contributed by atoms with Crippen LogP contribution in [-0.4, -0.2) is 35.0 Å². The van der Waals surface area contributed by atoms with Crippen LogP contribution in [0.5, 0.6) is 0 Å². The van der Waals surface area contributed by atoms with Gasteiger partial charge < -0.3 is 15.3 Å². The molecule has 1 aromatic carbocycles. The van der Waals surface area contributed by atoms with E-state index in [0.717, 1.165) is 5.69 Å². The standard InChI is InChI=1S/C18H22N2O4/c1-11(2)12-3-5-13(6-4-12)20-10-7-14(16(20)22)15(21)19-18(8-9-18)17(23)24/h3-6,11,14H,7-10H2,1-2H3,(H,19,21)(H,23,24). The summed E-state index contributed by atoms with van der Waals surface area (Å²) in [6.45, 7) is 4.68. The number of hydrogen-bond donors (Lipinski definition) is 2. The summed E-state index contributed by atoms with van der Waals surface area (Å²) in [5.74, 6) is -2.14. The molecule has 1 aromatic rings. The summed E-state index contributed by atoms with van der Waals surface area (Å²) in [6, 6.07) is 7.77. The van der Waals surface area contributed by atoms with Crippen molar-refractivity contribution in [3.8, 4) is 0 Å². The Balaban J connectivity index is 1.68. The number of carboxylic acid groups (broad SMARTS) is 1. The van der Waals surface area contributed by atoms with E-state index < -0.39 is 23.3 Å². The van der Waals surface area contributed by atoms with Crippen LogP contribution in [0.25, 0.3) is 0 Å². The Morgan fingerprint density at radius 1 is 1.25 bits per heavy atom. The highest BCUT2D eigenvalue weighted by molar-refractivity contribution is 6.10. The highest BCUT2D eigenvalue weighted by atomic mass is 16.4. The van der Waals surface area contributed by atoms with Gasteiger partial charge in [0.1, 0.15) is 11.5 Å². The number of nitrogens with one attached hydrogen (secondary N) is 1. The molecule has 1 heterocycles. The monoisotopic (exact) mass is 330 g/mol. The fourth-order valence-electron chi connectivity index (χ4n) is 3.06. The van der Waals surface area contributed by atoms with Crippen LogP contribution in [0, 0.1) is 5.92 Å². The minimum absolute atomic E-state index is 0.258. The lowest BCUT2D eigenvalue weighted by atomic mass is 10.0. The fraction of sp³-hybridized carbons (Fsp3) is 0.500. The van der Waals surface area contributed by atoms with Crippen molar-refractivity contribution in [2.24, 2.45) is 5.92 Å². The first-order valence-electron chi connectivity index (χ1n) is 8.31. The predicted molar refractivity (Wildman–Crippen MR) is 88.7 cm³/mol. The van der Waals surface area contributed by atoms with Crippen LogP contribution in [0.3, 0.4) is 0 Å². The van der Waals surface area contributed by atoms with E-state index >= 15 is 0 Å². The lowest BCUT2D eigenvalue weighted by Gasteiger charge is -2.19. The van der Waals surface area contributed by atoms with Gasteiger partial charge in [0.05, 0.1) is 0 Å². The van der Waals surface area contributed by atoms with Gasteiger partial charge in [0.2, 0.25) is 11.8 Å². The minimum Gasteiger partial charge on any atom is -0.480 e. The molecule has 1 aliphatic carbocycles. The van der Waals surface area contributed by atoms with Gasteiger partial charge in [0.15, 0.2) is 0 Å². The Labute approximate surface area is 140 Å². The number of amides is 2. The zero-order chi connectivity index (χ0) is 17.5. The summed E-state index contributed by atoms with van der Waals surface area (Å²) in [5, 5.41) is 11.7. The molecule has 1 aliphatic heterocycles. The van der Waals surface area contributed by atoms with Gasteiger partial charge in [-0.2, -0.15) is 0 Å². The molecule has 0 radical (unpaired) electrons. The topological polar surface area (TPSA) is 86.7 Å². The third kappa shape index (κ3) is 2.88. The van der Waals surface area contributed by atoms with E-state index in [1.54, 1.807) is 4.90 Å². The van der Waals surface area contributed by atoms with Crippen LogP contribution in [0.2, 0.25) is 0 Å². The molecule has 6 heteroatoms. The van der Waals surface area contributed by atoms with Gasteiger partial charge in [-0.25, -0.2) is 4.79 Å². The summed E-state index contributed by atoms with van der Waals surface area (Å²) in [4.78, 5) is 37.7. The number of carbonyl (C=O) groups excluding carboxylic acids is 2. The van der Waals surface area contributed by atoms with Crippen LogP contribution in [0.15, 0.2) is 24.3 Å². The first kappa shape index (κ1) is 16.5. The molecule has 24 heavy (non-hydrogen) atoms. The third-order valence-corrected chi connectivity index (χ3v) is 4.92. The van der Waals surface area contributed by atoms with Crippen molar-refractivity contribution >= 4 is 23.5 Å². The summed E-state index contributed by atoms with van der Waals surface area (Å²) < 4.78 is 0. The summed E-state index contributed by atoms with van der Waals surface area (Å²) in [6.07, 6.45) is 1.26. The SMILES string of the molecule is CC(C)c1ccc(N2CCC(C(=O)NC3(C(=O)O)CC3)C2=O)cc1. The molecule has 1 unspecified atom stereocenters. The smallest absolute Gasteiger partial charge is 0.329 e. The third-order valence-electron chi connectivity index (χ3n) is 4.92. The Morgan fingerprint density at radius 2 is 1.88 bits per heavy atom. The largest absolute Gasteiger partial charge is 0.480 e. The van der Waals surface area contributed by atoms with E-state index in [9.17, 15) is 14.4 Å². The van der Waals surface area contributed by atoms with Gasteiger partial charge in [0, 0.05) is 12.2 Å². The summed E-state index contributed by atoms with van der Waals surface area (Å²) >= 11 is 0. The molecule has 1 atom stereocenters. The van der Waals surface area contributed by atoms with E-state index in [2.05, 4.69) is 19.2 Å². The normalized spacial score (nSPS) is 21.9. The highest BCUT2D eigenvalue weighted by Gasteiger charge is 2.53. The van der Waals surface area contributed by atoms with E-state index in [1.807, 2.05) is 24.3 Å². The molecule has 2 aliphatic rings. The maximum Gasteiger partial charge on any atom is 0.329 e. The second-order valence-corrected chi connectivity index (χ2v) is 6.95. The maximum absolute atomic E-state index is 12.6. The van der Waals surface area contributed by atoms with Gasteiger partial charge >= 0.3 is 5.97 Å². The molecule has 0 spiro atoms. The molecule has 0 aromatic heterocycles. The van der Waals surface area contributed by atoms with Crippen LogP contribution in [-0.2, 0) is 14.4 Å². The van der Waals surface area contributed by atoms with Crippen LogP contribution >= 0.6 is 0 Å². The van der Waals surface area contributed by atoms with Crippen molar-refractivity contribution in [1.29, 1.82) is 0 Å². The molecule has 0 bridgehead atoms. The Morgan fingerprint density at radius 3 is 2.38 bits per heavy atom. The van der Waals surface area contributed by atoms with Gasteiger partial charge in [-0.3, -0.25) is 9.59 Å². The molecule has 2 fully saturated rings. The maximum atomic E-state index is 12.6. The Kier molecular flexibility index (Phi) is 4.07. The number of anilines is 1. The molecule has 1 saturated heterocycles. The van der Waals surface area contributed by atoms with Crippen molar-refractivity contribution in [3.63, 3.8) is 0 Å². The average molecular weight is 330 g/mol. The van der Waals surface area contributed by atoms with Gasteiger partial charge in [-0.05, 0) is 42.9 Å². The lowest BCUT2D eigenvalue weighted by Crippen LogP contribution is -2.47. The minimum atomic E-state index is -1.15. The quantitative estimate of drug-likeness (QED) is 0.807. The second kappa shape index (κ2) is 5.92. The zero-order valence-corrected chi connectivity index (χ0v) is 13.9. The molecule has 6 nitrogen and oxygen atoms in total. The van der Waals surface area contributed by atoms with Crippen LogP contribution in [0.4, 0.5) is 5.69 Å². The molecule has 3 rings (SSSR count). The average Bonchev–Trinajstić information content (AvgIpc) is 3.22. The number of hydrogen-bond acceptors (Lipinski definition) is 3. The van der Waals surface area contributed by atoms with E-state index in [-0.39, 0.29) is 5.91 Å². The van der Waals surface area contributed by atoms with Crippen molar-refractivity contribution in [1.82, 2.24) is 5.32 Å². The van der Waals surface area contributed by atoms with Crippen molar-refractivity contribution in [3.05, 3.63) is 29.8 Å². The van der Waals surface area contributed by atoms with E-state index in [0.29, 0.717) is 31.7 Å². The van der Waals surface area contributed by atoms with E-state index in [1.165, 1.54) is 5.56 Å². The first-order chi connectivity index (χ1) is 11.3. The number of nitrogens with zero attached hydrogens (tertiary/aromatic N) is 1. The fourth-order valence-corrected chi connectivity index (χ4v) is 3.06. The van der Waals surface area contributed by atoms with Crippen molar-refractivity contribution < 1.29 is 19.5 Å². The summed E-state index contributed by atoms with van der Waals surface area (Å²) in [7, 11) is 0.